The second kappa shape index (κ2) is 3.97. The molecule has 1 aromatic heterocycles. The van der Waals surface area contributed by atoms with Crippen LogP contribution in [0.2, 0.25) is 0 Å². The van der Waals surface area contributed by atoms with Crippen LogP contribution < -0.4 is 10.9 Å². The molecule has 0 saturated heterocycles. The first-order valence-corrected chi connectivity index (χ1v) is 4.68. The van der Waals surface area contributed by atoms with Crippen LogP contribution in [0.4, 0.5) is 8.78 Å². The molecule has 17 heavy (non-hydrogen) atoms. The Balaban J connectivity index is 2.81. The normalized spacial score (nSPS) is 10.5. The van der Waals surface area contributed by atoms with Crippen molar-refractivity contribution in [1.82, 2.24) is 5.32 Å². The van der Waals surface area contributed by atoms with Crippen molar-refractivity contribution in [2.75, 3.05) is 7.05 Å². The molecule has 0 unspecified atom stereocenters. The van der Waals surface area contributed by atoms with E-state index in [4.69, 9.17) is 0 Å². The maximum atomic E-state index is 13.4. The molecule has 0 atom stereocenters. The molecule has 4 nitrogen and oxygen atoms in total. The summed E-state index contributed by atoms with van der Waals surface area (Å²) < 4.78 is 30.9. The zero-order valence-corrected chi connectivity index (χ0v) is 8.71. The number of fused-ring (bicyclic) bond motifs is 1. The van der Waals surface area contributed by atoms with Crippen LogP contribution in [-0.2, 0) is 0 Å². The molecule has 1 N–H and O–H groups in total. The molecule has 1 amide bonds. The molecular weight excluding hydrogens is 232 g/mol. The molecule has 88 valence electrons. The van der Waals surface area contributed by atoms with E-state index in [1.54, 1.807) is 0 Å². The predicted molar refractivity (Wildman–Crippen MR) is 55.8 cm³/mol. The first-order chi connectivity index (χ1) is 8.02. The maximum Gasteiger partial charge on any atom is 0.349 e. The second-order valence-electron chi connectivity index (χ2n) is 3.33. The summed E-state index contributed by atoms with van der Waals surface area (Å²) in [5.41, 5.74) is -1.51. The fourth-order valence-corrected chi connectivity index (χ4v) is 1.44. The highest BCUT2D eigenvalue weighted by atomic mass is 19.1. The van der Waals surface area contributed by atoms with Gasteiger partial charge in [-0.25, -0.2) is 13.6 Å². The van der Waals surface area contributed by atoms with E-state index < -0.39 is 23.2 Å². The summed E-state index contributed by atoms with van der Waals surface area (Å²) in [7, 11) is 1.33. The topological polar surface area (TPSA) is 59.3 Å². The van der Waals surface area contributed by atoms with Crippen molar-refractivity contribution in [3.05, 3.63) is 45.8 Å². The average molecular weight is 239 g/mol. The van der Waals surface area contributed by atoms with E-state index in [0.29, 0.717) is 6.07 Å². The SMILES string of the molecule is CNC(=O)c1cc2c(F)cc(F)cc2oc1=O. The van der Waals surface area contributed by atoms with E-state index in [-0.39, 0.29) is 16.5 Å². The highest BCUT2D eigenvalue weighted by Gasteiger charge is 2.15. The molecule has 6 heteroatoms. The number of benzene rings is 1. The van der Waals surface area contributed by atoms with Gasteiger partial charge in [-0.15, -0.1) is 0 Å². The lowest BCUT2D eigenvalue weighted by atomic mass is 10.1. The smallest absolute Gasteiger partial charge is 0.349 e. The number of rotatable bonds is 1. The van der Waals surface area contributed by atoms with Crippen LogP contribution in [0, 0.1) is 11.6 Å². The van der Waals surface area contributed by atoms with Crippen LogP contribution in [0.1, 0.15) is 10.4 Å². The Hall–Kier alpha value is -2.24. The molecule has 0 bridgehead atoms. The quantitative estimate of drug-likeness (QED) is 0.766. The Labute approximate surface area is 93.9 Å². The Bertz CT molecular complexity index is 664. The van der Waals surface area contributed by atoms with Gasteiger partial charge in [-0.2, -0.15) is 0 Å². The van der Waals surface area contributed by atoms with E-state index in [0.717, 1.165) is 12.1 Å². The Morgan fingerprint density at radius 2 is 2.00 bits per heavy atom. The van der Waals surface area contributed by atoms with E-state index >= 15 is 0 Å². The van der Waals surface area contributed by atoms with E-state index in [2.05, 4.69) is 9.73 Å². The second-order valence-corrected chi connectivity index (χ2v) is 3.33. The fourth-order valence-electron chi connectivity index (χ4n) is 1.44. The molecule has 0 radical (unpaired) electrons. The van der Waals surface area contributed by atoms with Gasteiger partial charge in [0.2, 0.25) is 0 Å². The lowest BCUT2D eigenvalue weighted by Gasteiger charge is -2.02. The number of amides is 1. The van der Waals surface area contributed by atoms with Crippen LogP contribution in [-0.4, -0.2) is 13.0 Å². The zero-order chi connectivity index (χ0) is 12.6. The van der Waals surface area contributed by atoms with Crippen molar-refractivity contribution >= 4 is 16.9 Å². The van der Waals surface area contributed by atoms with Gasteiger partial charge in [-0.3, -0.25) is 4.79 Å². The Morgan fingerprint density at radius 1 is 1.29 bits per heavy atom. The summed E-state index contributed by atoms with van der Waals surface area (Å²) >= 11 is 0. The minimum atomic E-state index is -0.943. The molecule has 0 spiro atoms. The highest BCUT2D eigenvalue weighted by Crippen LogP contribution is 2.19. The molecule has 2 rings (SSSR count). The molecular formula is C11H7F2NO3. The summed E-state index contributed by atoms with van der Waals surface area (Å²) in [4.78, 5) is 22.7. The Kier molecular flexibility index (Phi) is 2.63. The van der Waals surface area contributed by atoms with Gasteiger partial charge >= 0.3 is 5.63 Å². The summed E-state index contributed by atoms with van der Waals surface area (Å²) in [5.74, 6) is -2.44. The van der Waals surface area contributed by atoms with Crippen LogP contribution >= 0.6 is 0 Å². The van der Waals surface area contributed by atoms with Crippen LogP contribution in [0.25, 0.3) is 11.0 Å². The molecule has 0 aliphatic carbocycles. The van der Waals surface area contributed by atoms with Gasteiger partial charge in [0.1, 0.15) is 22.8 Å². The first kappa shape index (κ1) is 11.3. The van der Waals surface area contributed by atoms with Crippen molar-refractivity contribution < 1.29 is 18.0 Å². The van der Waals surface area contributed by atoms with Crippen molar-refractivity contribution in [2.24, 2.45) is 0 Å². The third-order valence-corrected chi connectivity index (χ3v) is 2.24. The minimum Gasteiger partial charge on any atom is -0.422 e. The highest BCUT2D eigenvalue weighted by molar-refractivity contribution is 5.96. The number of hydrogen-bond donors (Lipinski definition) is 1. The summed E-state index contributed by atoms with van der Waals surface area (Å²) in [6, 6.07) is 2.57. The molecule has 0 fully saturated rings. The van der Waals surface area contributed by atoms with E-state index in [1.807, 2.05) is 0 Å². The summed E-state index contributed by atoms with van der Waals surface area (Å²) in [6.45, 7) is 0. The van der Waals surface area contributed by atoms with Gasteiger partial charge in [-0.1, -0.05) is 0 Å². The number of carbonyl (C=O) groups excluding carboxylic acids is 1. The van der Waals surface area contributed by atoms with E-state index in [9.17, 15) is 18.4 Å². The minimum absolute atomic E-state index is 0.121. The maximum absolute atomic E-state index is 13.4. The molecule has 1 aromatic carbocycles. The molecule has 2 aromatic rings. The monoisotopic (exact) mass is 239 g/mol. The first-order valence-electron chi connectivity index (χ1n) is 4.68. The lowest BCUT2D eigenvalue weighted by Crippen LogP contribution is -2.24. The number of carbonyl (C=O) groups is 1. The molecule has 0 aliphatic rings. The molecule has 1 heterocycles. The van der Waals surface area contributed by atoms with Crippen molar-refractivity contribution in [3.8, 4) is 0 Å². The lowest BCUT2D eigenvalue weighted by molar-refractivity contribution is 0.0959. The van der Waals surface area contributed by atoms with Crippen molar-refractivity contribution in [1.29, 1.82) is 0 Å². The average Bonchev–Trinajstić information content (AvgIpc) is 2.27. The molecule has 0 aliphatic heterocycles. The van der Waals surface area contributed by atoms with Gasteiger partial charge in [0.05, 0.1) is 5.39 Å². The van der Waals surface area contributed by atoms with Gasteiger partial charge in [0.15, 0.2) is 0 Å². The van der Waals surface area contributed by atoms with Gasteiger partial charge in [0, 0.05) is 19.2 Å². The van der Waals surface area contributed by atoms with Crippen LogP contribution in [0.15, 0.2) is 27.4 Å². The third kappa shape index (κ3) is 1.89. The van der Waals surface area contributed by atoms with Gasteiger partial charge < -0.3 is 9.73 Å². The standard InChI is InChI=1S/C11H7F2NO3/c1-14-10(15)7-4-6-8(13)2-5(12)3-9(6)17-11(7)16/h2-4H,1H3,(H,14,15). The van der Waals surface area contributed by atoms with Crippen LogP contribution in [0.5, 0.6) is 0 Å². The van der Waals surface area contributed by atoms with Crippen LogP contribution in [0.3, 0.4) is 0 Å². The Morgan fingerprint density at radius 3 is 2.65 bits per heavy atom. The zero-order valence-electron chi connectivity index (χ0n) is 8.71. The predicted octanol–water partition coefficient (Wildman–Crippen LogP) is 1.43. The third-order valence-electron chi connectivity index (χ3n) is 2.24. The summed E-state index contributed by atoms with van der Waals surface area (Å²) in [5, 5.41) is 2.10. The number of nitrogens with one attached hydrogen (secondary N) is 1. The van der Waals surface area contributed by atoms with Gasteiger partial charge in [-0.05, 0) is 6.07 Å². The van der Waals surface area contributed by atoms with Gasteiger partial charge in [0.25, 0.3) is 5.91 Å². The number of halogens is 2. The molecule has 0 saturated carbocycles. The summed E-state index contributed by atoms with van der Waals surface area (Å²) in [6.07, 6.45) is 0. The fraction of sp³-hybridized carbons (Fsp3) is 0.0909. The van der Waals surface area contributed by atoms with E-state index in [1.165, 1.54) is 7.05 Å². The van der Waals surface area contributed by atoms with Crippen molar-refractivity contribution in [3.63, 3.8) is 0 Å². The van der Waals surface area contributed by atoms with Crippen molar-refractivity contribution in [2.45, 2.75) is 0 Å². The number of hydrogen-bond acceptors (Lipinski definition) is 3. The largest absolute Gasteiger partial charge is 0.422 e.